The maximum Gasteiger partial charge on any atom is 0.340 e. The Bertz CT molecular complexity index is 1410. The summed E-state index contributed by atoms with van der Waals surface area (Å²) in [5, 5.41) is 20.7. The Hall–Kier alpha value is -4.73. The third-order valence-corrected chi connectivity index (χ3v) is 5.86. The van der Waals surface area contributed by atoms with E-state index in [1.54, 1.807) is 48.7 Å². The second kappa shape index (κ2) is 12.0. The van der Waals surface area contributed by atoms with Crippen molar-refractivity contribution in [2.45, 2.75) is 6.42 Å². The van der Waals surface area contributed by atoms with Gasteiger partial charge in [0.2, 0.25) is 0 Å². The van der Waals surface area contributed by atoms with Crippen molar-refractivity contribution in [3.8, 4) is 23.3 Å². The van der Waals surface area contributed by atoms with Crippen molar-refractivity contribution in [3.63, 3.8) is 0 Å². The van der Waals surface area contributed by atoms with Crippen LogP contribution in [0.4, 0.5) is 10.5 Å². The van der Waals surface area contributed by atoms with Gasteiger partial charge in [0.05, 0.1) is 43.3 Å². The number of carbonyl (C=O) groups is 1. The number of nitrogens with one attached hydrogen (secondary N) is 2. The second-order valence-electron chi connectivity index (χ2n) is 8.45. The third-order valence-electron chi connectivity index (χ3n) is 5.86. The summed E-state index contributed by atoms with van der Waals surface area (Å²) in [4.78, 5) is 19.9. The Morgan fingerprint density at radius 2 is 1.84 bits per heavy atom. The molecular weight excluding hydrogens is 488 g/mol. The first-order valence-electron chi connectivity index (χ1n) is 12.2. The number of nitriles is 1. The number of hydrogen-bond acceptors (Lipinski definition) is 9. The molecule has 0 unspecified atom stereocenters. The minimum absolute atomic E-state index is 0.416. The molecule has 1 saturated heterocycles. The van der Waals surface area contributed by atoms with Crippen molar-refractivity contribution in [3.05, 3.63) is 66.6 Å². The predicted octanol–water partition coefficient (Wildman–Crippen LogP) is 3.37. The molecule has 1 aliphatic rings. The van der Waals surface area contributed by atoms with Gasteiger partial charge in [0.15, 0.2) is 0 Å². The summed E-state index contributed by atoms with van der Waals surface area (Å²) in [6.45, 7) is 4.83. The van der Waals surface area contributed by atoms with E-state index in [1.165, 1.54) is 12.4 Å². The van der Waals surface area contributed by atoms with Crippen LogP contribution in [0, 0.1) is 11.3 Å². The van der Waals surface area contributed by atoms with Crippen molar-refractivity contribution in [2.24, 2.45) is 0 Å². The van der Waals surface area contributed by atoms with Gasteiger partial charge in [0, 0.05) is 43.0 Å². The number of hydrogen-bond donors (Lipinski definition) is 2. The van der Waals surface area contributed by atoms with Crippen LogP contribution in [-0.4, -0.2) is 70.5 Å². The first kappa shape index (κ1) is 24.9. The molecule has 12 heteroatoms. The maximum atomic E-state index is 12.0. The van der Waals surface area contributed by atoms with Crippen LogP contribution in [-0.2, 0) is 4.74 Å². The van der Waals surface area contributed by atoms with Gasteiger partial charge in [0.25, 0.3) is 0 Å². The largest absolute Gasteiger partial charge is 0.492 e. The van der Waals surface area contributed by atoms with Gasteiger partial charge in [-0.1, -0.05) is 4.91 Å². The number of carbonyl (C=O) groups excluding carboxylic acids is 1. The molecule has 0 atom stereocenters. The molecule has 2 aromatic heterocycles. The number of ether oxygens (including phenoxy) is 3. The van der Waals surface area contributed by atoms with Crippen molar-refractivity contribution >= 4 is 22.6 Å². The molecule has 0 bridgehead atoms. The van der Waals surface area contributed by atoms with Gasteiger partial charge in [0.1, 0.15) is 23.3 Å². The molecule has 0 radical (unpaired) electrons. The van der Waals surface area contributed by atoms with Crippen LogP contribution < -0.4 is 20.2 Å². The Morgan fingerprint density at radius 3 is 2.61 bits per heavy atom. The average Bonchev–Trinajstić information content (AvgIpc) is 3.45. The van der Waals surface area contributed by atoms with Crippen LogP contribution in [0.3, 0.4) is 0 Å². The fourth-order valence-electron chi connectivity index (χ4n) is 4.00. The minimum atomic E-state index is -0.488. The molecule has 0 saturated carbocycles. The lowest BCUT2D eigenvalue weighted by Crippen LogP contribution is -2.37. The lowest BCUT2D eigenvalue weighted by molar-refractivity contribution is 0.0358. The first-order chi connectivity index (χ1) is 18.7. The zero-order chi connectivity index (χ0) is 26.2. The number of fused-ring (bicyclic) bond motifs is 1. The molecule has 1 aliphatic heterocycles. The van der Waals surface area contributed by atoms with Crippen LogP contribution in [0.1, 0.15) is 12.0 Å². The van der Waals surface area contributed by atoms with Crippen LogP contribution >= 0.6 is 0 Å². The third kappa shape index (κ3) is 6.33. The number of benzene rings is 2. The summed E-state index contributed by atoms with van der Waals surface area (Å²) in [6.07, 6.45) is 5.41. The molecule has 2 aromatic carbocycles. The van der Waals surface area contributed by atoms with E-state index in [0.717, 1.165) is 44.2 Å². The number of aromatic nitrogens is 4. The van der Waals surface area contributed by atoms with Crippen molar-refractivity contribution in [1.29, 1.82) is 5.26 Å². The number of amides is 2. The molecule has 3 heterocycles. The van der Waals surface area contributed by atoms with Crippen LogP contribution in [0.25, 0.3) is 10.9 Å². The molecule has 2 amide bonds. The van der Waals surface area contributed by atoms with E-state index in [9.17, 15) is 10.1 Å². The minimum Gasteiger partial charge on any atom is -0.492 e. The topological polar surface area (TPSA) is 139 Å². The molecule has 0 spiro atoms. The number of pyridine rings is 1. The lowest BCUT2D eigenvalue weighted by atomic mass is 10.1. The van der Waals surface area contributed by atoms with E-state index in [4.69, 9.17) is 14.2 Å². The van der Waals surface area contributed by atoms with Crippen LogP contribution in [0.15, 0.2) is 61.1 Å². The number of nitrogens with zero attached hydrogens (tertiary/aromatic N) is 6. The Labute approximate surface area is 218 Å². The summed E-state index contributed by atoms with van der Waals surface area (Å²) in [5.74, 6) is 1.61. The molecular formula is C26H26N8O4. The molecule has 2 N–H and O–H groups in total. The normalized spacial score (nSPS) is 13.6. The molecule has 4 aromatic rings. The molecule has 12 nitrogen and oxygen atoms in total. The fraction of sp³-hybridized carbons (Fsp3) is 0.269. The second-order valence-corrected chi connectivity index (χ2v) is 8.45. The maximum absolute atomic E-state index is 12.0. The quantitative estimate of drug-likeness (QED) is 0.322. The van der Waals surface area contributed by atoms with Gasteiger partial charge in [-0.25, -0.2) is 10.2 Å². The summed E-state index contributed by atoms with van der Waals surface area (Å²) >= 11 is 0. The molecule has 38 heavy (non-hydrogen) atoms. The summed E-state index contributed by atoms with van der Waals surface area (Å²) in [5.41, 5.74) is 4.09. The highest BCUT2D eigenvalue weighted by Crippen LogP contribution is 2.33. The van der Waals surface area contributed by atoms with E-state index in [0.29, 0.717) is 46.0 Å². The molecule has 0 aliphatic carbocycles. The number of anilines is 1. The van der Waals surface area contributed by atoms with Crippen molar-refractivity contribution in [1.82, 2.24) is 25.0 Å². The SMILES string of the molecule is N#Cc1cc2c(Oc3ccc(NC(=O)Nn4nccn4)cc3)ccnc2cc1OCCCN1CCOCC1. The Kier molecular flexibility index (Phi) is 7.88. The fourth-order valence-corrected chi connectivity index (χ4v) is 4.00. The number of rotatable bonds is 9. The average molecular weight is 515 g/mol. The van der Waals surface area contributed by atoms with E-state index >= 15 is 0 Å². The van der Waals surface area contributed by atoms with Gasteiger partial charge in [-0.3, -0.25) is 9.88 Å². The summed E-state index contributed by atoms with van der Waals surface area (Å²) in [6, 6.07) is 13.8. The van der Waals surface area contributed by atoms with Gasteiger partial charge in [-0.2, -0.15) is 5.26 Å². The van der Waals surface area contributed by atoms with Crippen molar-refractivity contribution < 1.29 is 19.0 Å². The lowest BCUT2D eigenvalue weighted by Gasteiger charge is -2.26. The van der Waals surface area contributed by atoms with Crippen molar-refractivity contribution in [2.75, 3.05) is 50.2 Å². The zero-order valence-electron chi connectivity index (χ0n) is 20.5. The number of urea groups is 1. The zero-order valence-corrected chi connectivity index (χ0v) is 20.5. The van der Waals surface area contributed by atoms with E-state index in [1.807, 2.05) is 0 Å². The predicted molar refractivity (Wildman–Crippen MR) is 139 cm³/mol. The highest BCUT2D eigenvalue weighted by molar-refractivity contribution is 5.94. The van der Waals surface area contributed by atoms with Gasteiger partial charge < -0.3 is 19.5 Å². The monoisotopic (exact) mass is 514 g/mol. The molecule has 194 valence electrons. The van der Waals surface area contributed by atoms with Gasteiger partial charge in [-0.15, -0.1) is 10.2 Å². The Morgan fingerprint density at radius 1 is 1.05 bits per heavy atom. The first-order valence-corrected chi connectivity index (χ1v) is 12.2. The highest BCUT2D eigenvalue weighted by atomic mass is 16.5. The smallest absolute Gasteiger partial charge is 0.340 e. The van der Waals surface area contributed by atoms with E-state index in [-0.39, 0.29) is 0 Å². The highest BCUT2D eigenvalue weighted by Gasteiger charge is 2.13. The summed E-state index contributed by atoms with van der Waals surface area (Å²) < 4.78 is 17.4. The van der Waals surface area contributed by atoms with Crippen LogP contribution in [0.2, 0.25) is 0 Å². The van der Waals surface area contributed by atoms with Gasteiger partial charge in [-0.05, 0) is 42.8 Å². The molecule has 5 rings (SSSR count). The standard InChI is InChI=1S/C26H26N8O4/c27-18-19-16-22-23(17-25(19)37-13-1-10-33-11-14-36-15-12-33)28-7-6-24(22)38-21-4-2-20(3-5-21)31-26(35)32-34-29-8-9-30-34/h2-9,16-17H,1,10-15H2,(H2,31,32,35). The summed E-state index contributed by atoms with van der Waals surface area (Å²) in [7, 11) is 0. The molecule has 1 fully saturated rings. The van der Waals surface area contributed by atoms with Crippen LogP contribution in [0.5, 0.6) is 17.2 Å². The Balaban J connectivity index is 1.22. The van der Waals surface area contributed by atoms with E-state index < -0.39 is 6.03 Å². The van der Waals surface area contributed by atoms with E-state index in [2.05, 4.69) is 36.9 Å². The number of morpholine rings is 1. The van der Waals surface area contributed by atoms with Gasteiger partial charge >= 0.3 is 6.03 Å².